The van der Waals surface area contributed by atoms with E-state index in [2.05, 4.69) is 36.5 Å². The quantitative estimate of drug-likeness (QED) is 0.433. The summed E-state index contributed by atoms with van der Waals surface area (Å²) in [4.78, 5) is 18.2. The van der Waals surface area contributed by atoms with Crippen LogP contribution in [0.1, 0.15) is 24.5 Å². The van der Waals surface area contributed by atoms with Crippen molar-refractivity contribution in [3.63, 3.8) is 0 Å². The fourth-order valence-corrected chi connectivity index (χ4v) is 2.53. The predicted octanol–water partition coefficient (Wildman–Crippen LogP) is 3.66. The molecule has 3 N–H and O–H groups in total. The van der Waals surface area contributed by atoms with E-state index in [0.29, 0.717) is 6.61 Å². The Labute approximate surface area is 170 Å². The van der Waals surface area contributed by atoms with E-state index in [1.165, 1.54) is 11.1 Å². The van der Waals surface area contributed by atoms with Gasteiger partial charge in [-0.05, 0) is 55.3 Å². The summed E-state index contributed by atoms with van der Waals surface area (Å²) in [5, 5.41) is 19.0. The zero-order chi connectivity index (χ0) is 20.8. The first-order valence-corrected chi connectivity index (χ1v) is 9.44. The molecule has 0 radical (unpaired) electrons. The standard InChI is InChI=1S/C19H24ClNO.C2H2O4/c1-2-12-21-13-10-17-15-18(20)8-9-19(17)22-14-11-16-6-4-3-5-7-16;3-1(4)2(5)6/h3-9,15,21H,2,10-14H2,1H3;(H,3,4)(H,5,6). The summed E-state index contributed by atoms with van der Waals surface area (Å²) in [6.07, 6.45) is 2.99. The summed E-state index contributed by atoms with van der Waals surface area (Å²) in [6.45, 7) is 4.85. The lowest BCUT2D eigenvalue weighted by Crippen LogP contribution is -2.18. The molecule has 0 unspecified atom stereocenters. The number of rotatable bonds is 9. The lowest BCUT2D eigenvalue weighted by atomic mass is 10.1. The van der Waals surface area contributed by atoms with Crippen LogP contribution in [0.3, 0.4) is 0 Å². The van der Waals surface area contributed by atoms with Gasteiger partial charge in [0.25, 0.3) is 0 Å². The van der Waals surface area contributed by atoms with Gasteiger partial charge in [-0.3, -0.25) is 0 Å². The lowest BCUT2D eigenvalue weighted by Gasteiger charge is -2.12. The van der Waals surface area contributed by atoms with Crippen LogP contribution in [-0.2, 0) is 22.4 Å². The number of carboxylic acid groups (broad SMARTS) is 2. The number of benzene rings is 2. The number of carboxylic acids is 2. The van der Waals surface area contributed by atoms with E-state index in [0.717, 1.165) is 43.1 Å². The van der Waals surface area contributed by atoms with Gasteiger partial charge in [-0.1, -0.05) is 48.9 Å². The molecule has 2 aromatic rings. The average molecular weight is 408 g/mol. The average Bonchev–Trinajstić information content (AvgIpc) is 2.68. The first-order chi connectivity index (χ1) is 13.4. The molecule has 2 rings (SSSR count). The third-order valence-electron chi connectivity index (χ3n) is 3.69. The van der Waals surface area contributed by atoms with Gasteiger partial charge in [0.1, 0.15) is 5.75 Å². The van der Waals surface area contributed by atoms with Crippen molar-refractivity contribution in [1.82, 2.24) is 5.32 Å². The van der Waals surface area contributed by atoms with Crippen molar-refractivity contribution in [1.29, 1.82) is 0 Å². The molecule has 6 nitrogen and oxygen atoms in total. The summed E-state index contributed by atoms with van der Waals surface area (Å²) >= 11 is 6.11. The number of carbonyl (C=O) groups is 2. The molecule has 0 aliphatic heterocycles. The highest BCUT2D eigenvalue weighted by molar-refractivity contribution is 6.30. The van der Waals surface area contributed by atoms with Gasteiger partial charge >= 0.3 is 11.9 Å². The number of hydrogen-bond donors (Lipinski definition) is 3. The van der Waals surface area contributed by atoms with Crippen molar-refractivity contribution in [3.05, 3.63) is 64.7 Å². The topological polar surface area (TPSA) is 95.9 Å². The molecule has 0 aromatic heterocycles. The zero-order valence-electron chi connectivity index (χ0n) is 15.9. The predicted molar refractivity (Wildman–Crippen MR) is 109 cm³/mol. The van der Waals surface area contributed by atoms with Crippen LogP contribution in [0.15, 0.2) is 48.5 Å². The van der Waals surface area contributed by atoms with Crippen molar-refractivity contribution < 1.29 is 24.5 Å². The molecule has 0 aliphatic carbocycles. The van der Waals surface area contributed by atoms with Crippen molar-refractivity contribution in [2.45, 2.75) is 26.2 Å². The minimum Gasteiger partial charge on any atom is -0.493 e. The maximum Gasteiger partial charge on any atom is 0.414 e. The molecular weight excluding hydrogens is 382 g/mol. The maximum absolute atomic E-state index is 9.10. The Morgan fingerprint density at radius 2 is 1.68 bits per heavy atom. The third kappa shape index (κ3) is 9.94. The number of halogens is 1. The van der Waals surface area contributed by atoms with Crippen LogP contribution in [0.5, 0.6) is 5.75 Å². The molecule has 7 heteroatoms. The van der Waals surface area contributed by atoms with Gasteiger partial charge in [0.2, 0.25) is 0 Å². The first-order valence-electron chi connectivity index (χ1n) is 9.06. The second-order valence-electron chi connectivity index (χ2n) is 5.95. The molecule has 152 valence electrons. The molecule has 2 aromatic carbocycles. The van der Waals surface area contributed by atoms with Gasteiger partial charge < -0.3 is 20.3 Å². The van der Waals surface area contributed by atoms with Crippen LogP contribution in [-0.4, -0.2) is 41.8 Å². The van der Waals surface area contributed by atoms with Crippen LogP contribution >= 0.6 is 11.6 Å². The molecule has 0 bridgehead atoms. The second-order valence-corrected chi connectivity index (χ2v) is 6.38. The smallest absolute Gasteiger partial charge is 0.414 e. The Balaban J connectivity index is 0.000000568. The molecule has 0 amide bonds. The Hall–Kier alpha value is -2.57. The minimum atomic E-state index is -1.82. The number of ether oxygens (including phenoxy) is 1. The highest BCUT2D eigenvalue weighted by Gasteiger charge is 2.05. The number of aliphatic carboxylic acids is 2. The molecule has 0 aliphatic rings. The Morgan fingerprint density at radius 3 is 2.29 bits per heavy atom. The van der Waals surface area contributed by atoms with Crippen LogP contribution in [0.25, 0.3) is 0 Å². The number of nitrogens with one attached hydrogen (secondary N) is 1. The van der Waals surface area contributed by atoms with E-state index in [4.69, 9.17) is 36.1 Å². The van der Waals surface area contributed by atoms with Gasteiger partial charge in [0.15, 0.2) is 0 Å². The summed E-state index contributed by atoms with van der Waals surface area (Å²) in [5.41, 5.74) is 2.46. The van der Waals surface area contributed by atoms with Crippen LogP contribution in [0, 0.1) is 0 Å². The molecule has 0 saturated carbocycles. The van der Waals surface area contributed by atoms with E-state index >= 15 is 0 Å². The maximum atomic E-state index is 9.10. The van der Waals surface area contributed by atoms with Gasteiger partial charge in [-0.2, -0.15) is 0 Å². The van der Waals surface area contributed by atoms with Crippen molar-refractivity contribution in [2.24, 2.45) is 0 Å². The van der Waals surface area contributed by atoms with E-state index in [9.17, 15) is 0 Å². The second kappa shape index (κ2) is 13.6. The van der Waals surface area contributed by atoms with Crippen LogP contribution in [0.2, 0.25) is 5.02 Å². The zero-order valence-corrected chi connectivity index (χ0v) is 16.6. The van der Waals surface area contributed by atoms with Crippen molar-refractivity contribution >= 4 is 23.5 Å². The van der Waals surface area contributed by atoms with Gasteiger partial charge in [0.05, 0.1) is 6.61 Å². The van der Waals surface area contributed by atoms with Gasteiger partial charge in [-0.25, -0.2) is 9.59 Å². The Kier molecular flexibility index (Phi) is 11.4. The Bertz CT molecular complexity index is 725. The first kappa shape index (κ1) is 23.5. The summed E-state index contributed by atoms with van der Waals surface area (Å²) < 4.78 is 5.97. The highest BCUT2D eigenvalue weighted by Crippen LogP contribution is 2.23. The largest absolute Gasteiger partial charge is 0.493 e. The van der Waals surface area contributed by atoms with Crippen molar-refractivity contribution in [3.8, 4) is 5.75 Å². The molecular formula is C21H26ClNO5. The molecule has 0 fully saturated rings. The highest BCUT2D eigenvalue weighted by atomic mass is 35.5. The lowest BCUT2D eigenvalue weighted by molar-refractivity contribution is -0.159. The third-order valence-corrected chi connectivity index (χ3v) is 3.93. The fraction of sp³-hybridized carbons (Fsp3) is 0.333. The SMILES string of the molecule is CCCNCCc1cc(Cl)ccc1OCCc1ccccc1.O=C(O)C(=O)O. The molecule has 28 heavy (non-hydrogen) atoms. The van der Waals surface area contributed by atoms with Crippen LogP contribution in [0.4, 0.5) is 0 Å². The van der Waals surface area contributed by atoms with Gasteiger partial charge in [-0.15, -0.1) is 0 Å². The van der Waals surface area contributed by atoms with E-state index in [1.807, 2.05) is 24.3 Å². The monoisotopic (exact) mass is 407 g/mol. The van der Waals surface area contributed by atoms with Gasteiger partial charge in [0, 0.05) is 11.4 Å². The Morgan fingerprint density at radius 1 is 1.00 bits per heavy atom. The molecule has 0 saturated heterocycles. The molecule has 0 spiro atoms. The normalized spacial score (nSPS) is 9.93. The number of hydrogen-bond acceptors (Lipinski definition) is 4. The van der Waals surface area contributed by atoms with E-state index in [-0.39, 0.29) is 0 Å². The summed E-state index contributed by atoms with van der Waals surface area (Å²) in [7, 11) is 0. The molecule has 0 atom stereocenters. The summed E-state index contributed by atoms with van der Waals surface area (Å²) in [5.74, 6) is -2.70. The van der Waals surface area contributed by atoms with E-state index < -0.39 is 11.9 Å². The molecule has 0 heterocycles. The minimum absolute atomic E-state index is 0.682. The summed E-state index contributed by atoms with van der Waals surface area (Å²) in [6, 6.07) is 16.3. The van der Waals surface area contributed by atoms with E-state index in [1.54, 1.807) is 0 Å². The van der Waals surface area contributed by atoms with Crippen molar-refractivity contribution in [2.75, 3.05) is 19.7 Å². The fourth-order valence-electron chi connectivity index (χ4n) is 2.33. The van der Waals surface area contributed by atoms with Crippen LogP contribution < -0.4 is 10.1 Å².